The number of phosphoric acid groups is 2. The molecule has 0 saturated carbocycles. The van der Waals surface area contributed by atoms with Crippen molar-refractivity contribution in [3.05, 3.63) is 72.9 Å². The van der Waals surface area contributed by atoms with Gasteiger partial charge in [-0.15, -0.1) is 0 Å². The Morgan fingerprint density at radius 2 is 0.510 bits per heavy atom. The van der Waals surface area contributed by atoms with Crippen LogP contribution in [-0.4, -0.2) is 96.7 Å². The molecule has 0 aromatic rings. The van der Waals surface area contributed by atoms with Gasteiger partial charge in [0, 0.05) is 25.7 Å². The molecule has 0 rings (SSSR count). The van der Waals surface area contributed by atoms with Crippen LogP contribution in [0.1, 0.15) is 374 Å². The Balaban J connectivity index is 5.34. The van der Waals surface area contributed by atoms with Gasteiger partial charge < -0.3 is 33.8 Å². The second kappa shape index (κ2) is 75.7. The van der Waals surface area contributed by atoms with E-state index in [1.54, 1.807) is 0 Å². The van der Waals surface area contributed by atoms with Crippen molar-refractivity contribution < 1.29 is 80.2 Å². The molecule has 0 spiro atoms. The first-order valence-electron chi connectivity index (χ1n) is 41.2. The normalized spacial score (nSPS) is 14.2. The van der Waals surface area contributed by atoms with Gasteiger partial charge in [0.2, 0.25) is 0 Å². The van der Waals surface area contributed by atoms with Crippen LogP contribution in [-0.2, 0) is 65.4 Å². The lowest BCUT2D eigenvalue weighted by Crippen LogP contribution is -2.30. The number of hydrogen-bond donors (Lipinski definition) is 3. The van der Waals surface area contributed by atoms with Gasteiger partial charge in [-0.25, -0.2) is 9.13 Å². The molecule has 0 aliphatic carbocycles. The summed E-state index contributed by atoms with van der Waals surface area (Å²) in [6.45, 7) is 4.78. The Labute approximate surface area is 622 Å². The van der Waals surface area contributed by atoms with Crippen LogP contribution in [0.3, 0.4) is 0 Å². The highest BCUT2D eigenvalue weighted by atomic mass is 31.2. The van der Waals surface area contributed by atoms with Gasteiger partial charge in [-0.1, -0.05) is 325 Å². The minimum atomic E-state index is -4.98. The topological polar surface area (TPSA) is 237 Å². The number of unbranched alkanes of at least 4 members (excludes halogenated alkanes) is 40. The Morgan fingerprint density at radius 1 is 0.284 bits per heavy atom. The summed E-state index contributed by atoms with van der Waals surface area (Å²) < 4.78 is 68.7. The lowest BCUT2D eigenvalue weighted by molar-refractivity contribution is -0.161. The van der Waals surface area contributed by atoms with Gasteiger partial charge >= 0.3 is 39.5 Å². The summed E-state index contributed by atoms with van der Waals surface area (Å²) in [5.41, 5.74) is 0. The lowest BCUT2D eigenvalue weighted by atomic mass is 10.0. The molecular formula is C83H150O17P2. The summed E-state index contributed by atoms with van der Waals surface area (Å²) in [5.74, 6) is -2.18. The summed E-state index contributed by atoms with van der Waals surface area (Å²) in [6, 6.07) is 0. The van der Waals surface area contributed by atoms with E-state index in [2.05, 4.69) is 101 Å². The molecule has 0 aromatic carbocycles. The van der Waals surface area contributed by atoms with E-state index in [1.807, 2.05) is 0 Å². The van der Waals surface area contributed by atoms with Crippen molar-refractivity contribution in [1.82, 2.24) is 0 Å². The summed E-state index contributed by atoms with van der Waals surface area (Å²) in [7, 11) is -9.95. The number of phosphoric ester groups is 2. The van der Waals surface area contributed by atoms with Crippen molar-refractivity contribution in [3.63, 3.8) is 0 Å². The first kappa shape index (κ1) is 98.5. The van der Waals surface area contributed by atoms with E-state index in [9.17, 15) is 43.2 Å². The van der Waals surface area contributed by atoms with E-state index < -0.39 is 97.5 Å². The van der Waals surface area contributed by atoms with Gasteiger partial charge in [-0.05, 0) is 96.3 Å². The Morgan fingerprint density at radius 3 is 0.814 bits per heavy atom. The standard InChI is InChI=1S/C83H150O17P2/c1-5-9-13-17-21-25-29-33-36-37-38-39-42-45-48-52-56-60-64-68-81(86)94-73-78(99-82(87)69-65-61-57-53-49-43-32-28-24-20-16-12-8-4)75-97-101(89,90)95-71-77(84)72-96-102(91,92)98-76-79(100-83(88)70-66-62-58-54-50-46-41-35-31-27-23-19-15-11-7-3)74-93-80(85)67-63-59-55-51-47-44-40-34-30-26-22-18-14-10-6-2/h9,13,21,25,28,32-33,36,38-39,45,48,77-79,84H,5-8,10-12,14-20,22-24,26-27,29-31,34-35,37,40-44,46-47,49-76H2,1-4H3,(H,89,90)(H,91,92)/b13-9-,25-21-,32-28-,36-33-,39-38-,48-45-/t77-,78-,79-/m1/s1. The maximum absolute atomic E-state index is 13.1. The SMILES string of the molecule is CC/C=C\C/C=C\C/C=C\C/C=C\C/C=C\CCCCCC(=O)OC[C@H](COP(=O)(O)OC[C@@H](O)COP(=O)(O)OC[C@@H](COC(=O)CCCCCCCCCCCCCCCCC)OC(=O)CCCCCCCCCCCCCCCCC)OC(=O)CCCCCCC/C=C\CCCCCC. The molecule has 19 heteroatoms. The number of aliphatic hydroxyl groups excluding tert-OH is 1. The molecule has 594 valence electrons. The molecule has 3 N–H and O–H groups in total. The zero-order chi connectivity index (χ0) is 74.6. The lowest BCUT2D eigenvalue weighted by Gasteiger charge is -2.21. The van der Waals surface area contributed by atoms with Crippen molar-refractivity contribution in [2.24, 2.45) is 0 Å². The van der Waals surface area contributed by atoms with E-state index in [1.165, 1.54) is 161 Å². The van der Waals surface area contributed by atoms with Gasteiger partial charge in [0.15, 0.2) is 12.2 Å². The predicted molar refractivity (Wildman–Crippen MR) is 418 cm³/mol. The molecule has 0 aliphatic heterocycles. The molecule has 0 bridgehead atoms. The van der Waals surface area contributed by atoms with Gasteiger partial charge in [0.1, 0.15) is 19.3 Å². The smallest absolute Gasteiger partial charge is 0.462 e. The number of carbonyl (C=O) groups is 4. The van der Waals surface area contributed by atoms with Crippen LogP contribution in [0.25, 0.3) is 0 Å². The molecular weight excluding hydrogens is 1330 g/mol. The quantitative estimate of drug-likeness (QED) is 0.0169. The Kier molecular flexibility index (Phi) is 73.1. The molecule has 2 unspecified atom stereocenters. The average Bonchev–Trinajstić information content (AvgIpc) is 0.908. The molecule has 17 nitrogen and oxygen atoms in total. The molecule has 0 saturated heterocycles. The van der Waals surface area contributed by atoms with E-state index in [0.717, 1.165) is 135 Å². The van der Waals surface area contributed by atoms with E-state index in [0.29, 0.717) is 25.7 Å². The van der Waals surface area contributed by atoms with E-state index >= 15 is 0 Å². The second-order valence-corrected chi connectivity index (χ2v) is 30.6. The highest BCUT2D eigenvalue weighted by Crippen LogP contribution is 2.45. The maximum atomic E-state index is 13.1. The number of esters is 4. The fraction of sp³-hybridized carbons (Fsp3) is 0.807. The van der Waals surface area contributed by atoms with Crippen molar-refractivity contribution in [1.29, 1.82) is 0 Å². The zero-order valence-electron chi connectivity index (χ0n) is 65.0. The molecule has 0 aromatic heterocycles. The number of carbonyl (C=O) groups excluding carboxylic acids is 4. The first-order chi connectivity index (χ1) is 49.7. The second-order valence-electron chi connectivity index (χ2n) is 27.7. The third-order valence-corrected chi connectivity index (χ3v) is 19.6. The number of hydrogen-bond acceptors (Lipinski definition) is 15. The number of aliphatic hydroxyl groups is 1. The summed E-state index contributed by atoms with van der Waals surface area (Å²) in [5, 5.41) is 10.6. The molecule has 5 atom stereocenters. The van der Waals surface area contributed by atoms with Crippen LogP contribution in [0.4, 0.5) is 0 Å². The van der Waals surface area contributed by atoms with E-state index in [4.69, 9.17) is 37.0 Å². The molecule has 102 heavy (non-hydrogen) atoms. The van der Waals surface area contributed by atoms with Crippen LogP contribution in [0.15, 0.2) is 72.9 Å². The number of allylic oxidation sites excluding steroid dienone is 12. The first-order valence-corrected chi connectivity index (χ1v) is 44.2. The van der Waals surface area contributed by atoms with Gasteiger partial charge in [0.25, 0.3) is 0 Å². The van der Waals surface area contributed by atoms with Crippen LogP contribution in [0, 0.1) is 0 Å². The highest BCUT2D eigenvalue weighted by Gasteiger charge is 2.30. The summed E-state index contributed by atoms with van der Waals surface area (Å²) in [6.07, 6.45) is 77.3. The van der Waals surface area contributed by atoms with Crippen LogP contribution >= 0.6 is 15.6 Å². The molecule has 0 heterocycles. The van der Waals surface area contributed by atoms with Crippen LogP contribution in [0.2, 0.25) is 0 Å². The summed E-state index contributed by atoms with van der Waals surface area (Å²) in [4.78, 5) is 73.0. The monoisotopic (exact) mass is 1480 g/mol. The zero-order valence-corrected chi connectivity index (χ0v) is 66.8. The fourth-order valence-corrected chi connectivity index (χ4v) is 13.0. The van der Waals surface area contributed by atoms with Gasteiger partial charge in [-0.3, -0.25) is 37.3 Å². The maximum Gasteiger partial charge on any atom is 0.472 e. The fourth-order valence-electron chi connectivity index (χ4n) is 11.4. The molecule has 0 aliphatic rings. The number of ether oxygens (including phenoxy) is 4. The summed E-state index contributed by atoms with van der Waals surface area (Å²) >= 11 is 0. The van der Waals surface area contributed by atoms with Crippen molar-refractivity contribution in [2.45, 2.75) is 393 Å². The predicted octanol–water partition coefficient (Wildman–Crippen LogP) is 24.0. The largest absolute Gasteiger partial charge is 0.472 e. The average molecular weight is 1480 g/mol. The third kappa shape index (κ3) is 74.8. The van der Waals surface area contributed by atoms with E-state index in [-0.39, 0.29) is 25.7 Å². The number of rotatable bonds is 78. The molecule has 0 radical (unpaired) electrons. The minimum absolute atomic E-state index is 0.0797. The van der Waals surface area contributed by atoms with Crippen molar-refractivity contribution >= 4 is 39.5 Å². The van der Waals surface area contributed by atoms with Gasteiger partial charge in [-0.2, -0.15) is 0 Å². The Bertz CT molecular complexity index is 2210. The Hall–Kier alpha value is -3.50. The minimum Gasteiger partial charge on any atom is -0.462 e. The van der Waals surface area contributed by atoms with Crippen LogP contribution < -0.4 is 0 Å². The molecule has 0 fully saturated rings. The third-order valence-electron chi connectivity index (χ3n) is 17.7. The van der Waals surface area contributed by atoms with Gasteiger partial charge in [0.05, 0.1) is 26.4 Å². The molecule has 0 amide bonds. The van der Waals surface area contributed by atoms with Crippen molar-refractivity contribution in [3.8, 4) is 0 Å². The van der Waals surface area contributed by atoms with Crippen LogP contribution in [0.5, 0.6) is 0 Å². The highest BCUT2D eigenvalue weighted by molar-refractivity contribution is 7.47. The van der Waals surface area contributed by atoms with Crippen molar-refractivity contribution in [2.75, 3.05) is 39.6 Å².